The lowest BCUT2D eigenvalue weighted by atomic mass is 10.3. The molecule has 2 heterocycles. The fraction of sp³-hybridized carbons (Fsp3) is 0.316. The monoisotopic (exact) mass is 414 g/mol. The van der Waals surface area contributed by atoms with E-state index in [0.29, 0.717) is 22.4 Å². The number of aromatic nitrogens is 4. The van der Waals surface area contributed by atoms with Gasteiger partial charge in [-0.2, -0.15) is 4.98 Å². The van der Waals surface area contributed by atoms with Crippen LogP contribution in [0.15, 0.2) is 35.5 Å². The smallest absolute Gasteiger partial charge is 0.253 e. The SMILES string of the molecule is COc1cccc(NC(=O)CN(C)C(=O)CSc2nc3nc(C)cc(C)n3n2)c1. The first kappa shape index (κ1) is 20.6. The van der Waals surface area contributed by atoms with E-state index in [0.717, 1.165) is 11.4 Å². The third kappa shape index (κ3) is 5.23. The molecule has 1 aromatic carbocycles. The first-order chi connectivity index (χ1) is 13.9. The van der Waals surface area contributed by atoms with E-state index in [4.69, 9.17) is 4.74 Å². The van der Waals surface area contributed by atoms with Gasteiger partial charge in [0.1, 0.15) is 5.75 Å². The fourth-order valence-corrected chi connectivity index (χ4v) is 3.41. The van der Waals surface area contributed by atoms with Gasteiger partial charge in [-0.1, -0.05) is 17.8 Å². The molecule has 0 atom stereocenters. The molecule has 0 radical (unpaired) electrons. The van der Waals surface area contributed by atoms with Gasteiger partial charge >= 0.3 is 0 Å². The number of anilines is 1. The number of nitrogens with one attached hydrogen (secondary N) is 1. The number of aryl methyl sites for hydroxylation is 2. The Bertz CT molecular complexity index is 1050. The van der Waals surface area contributed by atoms with Crippen molar-refractivity contribution in [2.24, 2.45) is 0 Å². The number of methoxy groups -OCH3 is 1. The van der Waals surface area contributed by atoms with Crippen LogP contribution in [0.2, 0.25) is 0 Å². The van der Waals surface area contributed by atoms with Crippen molar-refractivity contribution >= 4 is 35.0 Å². The highest BCUT2D eigenvalue weighted by Crippen LogP contribution is 2.17. The van der Waals surface area contributed by atoms with E-state index >= 15 is 0 Å². The molecule has 0 spiro atoms. The number of benzene rings is 1. The molecule has 0 aliphatic carbocycles. The van der Waals surface area contributed by atoms with E-state index in [1.807, 2.05) is 19.9 Å². The summed E-state index contributed by atoms with van der Waals surface area (Å²) in [5, 5.41) is 7.58. The van der Waals surface area contributed by atoms with E-state index in [9.17, 15) is 9.59 Å². The van der Waals surface area contributed by atoms with Crippen molar-refractivity contribution in [1.29, 1.82) is 0 Å². The number of likely N-dealkylation sites (N-methyl/N-ethyl adjacent to an activating group) is 1. The van der Waals surface area contributed by atoms with Crippen molar-refractivity contribution in [2.75, 3.05) is 31.8 Å². The van der Waals surface area contributed by atoms with Gasteiger partial charge in [0.2, 0.25) is 17.0 Å². The molecule has 0 bridgehead atoms. The second-order valence-electron chi connectivity index (χ2n) is 6.46. The standard InChI is InChI=1S/C19H22N6O3S/c1-12-8-13(2)25-18(20-12)22-19(23-25)29-11-17(27)24(3)10-16(26)21-14-6-5-7-15(9-14)28-4/h5-9H,10-11H2,1-4H3,(H,21,26). The summed E-state index contributed by atoms with van der Waals surface area (Å²) in [6, 6.07) is 8.94. The zero-order chi connectivity index (χ0) is 21.0. The predicted molar refractivity (Wildman–Crippen MR) is 110 cm³/mol. The lowest BCUT2D eigenvalue weighted by Crippen LogP contribution is -2.35. The minimum atomic E-state index is -0.291. The number of thioether (sulfide) groups is 1. The van der Waals surface area contributed by atoms with Crippen molar-refractivity contribution in [3.8, 4) is 5.75 Å². The summed E-state index contributed by atoms with van der Waals surface area (Å²) in [5.74, 6) is 0.778. The van der Waals surface area contributed by atoms with Crippen LogP contribution in [0.5, 0.6) is 5.75 Å². The number of carbonyl (C=O) groups excluding carboxylic acids is 2. The van der Waals surface area contributed by atoms with Gasteiger partial charge in [0, 0.05) is 30.2 Å². The second-order valence-corrected chi connectivity index (χ2v) is 7.41. The Morgan fingerprint density at radius 3 is 2.79 bits per heavy atom. The number of amides is 2. The van der Waals surface area contributed by atoms with Crippen LogP contribution in [0.4, 0.5) is 5.69 Å². The van der Waals surface area contributed by atoms with Gasteiger partial charge in [-0.25, -0.2) is 9.50 Å². The number of hydrogen-bond acceptors (Lipinski definition) is 7. The average molecular weight is 414 g/mol. The lowest BCUT2D eigenvalue weighted by Gasteiger charge is -2.16. The second kappa shape index (κ2) is 8.91. The summed E-state index contributed by atoms with van der Waals surface area (Å²) in [7, 11) is 3.14. The summed E-state index contributed by atoms with van der Waals surface area (Å²) in [5.41, 5.74) is 2.39. The van der Waals surface area contributed by atoms with Gasteiger partial charge in [0.15, 0.2) is 0 Å². The molecule has 1 N–H and O–H groups in total. The zero-order valence-corrected chi connectivity index (χ0v) is 17.5. The molecule has 0 saturated heterocycles. The first-order valence-electron chi connectivity index (χ1n) is 8.87. The predicted octanol–water partition coefficient (Wildman–Crippen LogP) is 1.94. The van der Waals surface area contributed by atoms with Crippen LogP contribution in [-0.2, 0) is 9.59 Å². The molecule has 3 rings (SSSR count). The van der Waals surface area contributed by atoms with Crippen molar-refractivity contribution in [1.82, 2.24) is 24.5 Å². The van der Waals surface area contributed by atoms with E-state index in [1.54, 1.807) is 42.9 Å². The van der Waals surface area contributed by atoms with E-state index in [-0.39, 0.29) is 24.1 Å². The summed E-state index contributed by atoms with van der Waals surface area (Å²) in [6.45, 7) is 3.75. The molecule has 0 saturated carbocycles. The van der Waals surface area contributed by atoms with E-state index in [1.165, 1.54) is 16.7 Å². The van der Waals surface area contributed by atoms with Crippen LogP contribution in [0.25, 0.3) is 5.78 Å². The minimum absolute atomic E-state index is 0.0605. The number of nitrogens with zero attached hydrogens (tertiary/aromatic N) is 5. The molecular weight excluding hydrogens is 392 g/mol. The summed E-state index contributed by atoms with van der Waals surface area (Å²) < 4.78 is 6.77. The normalized spacial score (nSPS) is 10.8. The highest BCUT2D eigenvalue weighted by atomic mass is 32.2. The van der Waals surface area contributed by atoms with Crippen LogP contribution in [0.3, 0.4) is 0 Å². The number of fused-ring (bicyclic) bond motifs is 1. The maximum absolute atomic E-state index is 12.4. The van der Waals surface area contributed by atoms with Crippen molar-refractivity contribution in [3.63, 3.8) is 0 Å². The summed E-state index contributed by atoms with van der Waals surface area (Å²) >= 11 is 1.21. The Morgan fingerprint density at radius 1 is 1.24 bits per heavy atom. The van der Waals surface area contributed by atoms with Crippen molar-refractivity contribution in [2.45, 2.75) is 19.0 Å². The number of ether oxygens (including phenoxy) is 1. The third-order valence-corrected chi connectivity index (χ3v) is 4.91. The van der Waals surface area contributed by atoms with Gasteiger partial charge in [-0.3, -0.25) is 9.59 Å². The molecular formula is C19H22N6O3S. The van der Waals surface area contributed by atoms with Crippen molar-refractivity contribution in [3.05, 3.63) is 41.7 Å². The highest BCUT2D eigenvalue weighted by Gasteiger charge is 2.16. The third-order valence-electron chi connectivity index (χ3n) is 4.08. The fourth-order valence-electron chi connectivity index (χ4n) is 2.65. The summed E-state index contributed by atoms with van der Waals surface area (Å²) in [6.07, 6.45) is 0. The van der Waals surface area contributed by atoms with E-state index < -0.39 is 0 Å². The van der Waals surface area contributed by atoms with E-state index in [2.05, 4.69) is 20.4 Å². The Balaban J connectivity index is 1.53. The molecule has 9 nitrogen and oxygen atoms in total. The van der Waals surface area contributed by atoms with Crippen LogP contribution in [0, 0.1) is 13.8 Å². The number of carbonyl (C=O) groups is 2. The van der Waals surface area contributed by atoms with Crippen LogP contribution < -0.4 is 10.1 Å². The molecule has 3 aromatic rings. The molecule has 152 valence electrons. The van der Waals surface area contributed by atoms with Crippen LogP contribution >= 0.6 is 11.8 Å². The number of rotatable bonds is 7. The van der Waals surface area contributed by atoms with Gasteiger partial charge in [-0.15, -0.1) is 5.10 Å². The molecule has 2 aromatic heterocycles. The zero-order valence-electron chi connectivity index (χ0n) is 16.7. The van der Waals surface area contributed by atoms with Crippen molar-refractivity contribution < 1.29 is 14.3 Å². The Morgan fingerprint density at radius 2 is 2.03 bits per heavy atom. The topological polar surface area (TPSA) is 102 Å². The van der Waals surface area contributed by atoms with Gasteiger partial charge in [0.25, 0.3) is 5.78 Å². The molecule has 10 heteroatoms. The molecule has 29 heavy (non-hydrogen) atoms. The Kier molecular flexibility index (Phi) is 6.32. The highest BCUT2D eigenvalue weighted by molar-refractivity contribution is 7.99. The Labute approximate surface area is 172 Å². The van der Waals surface area contributed by atoms with Gasteiger partial charge < -0.3 is 15.0 Å². The van der Waals surface area contributed by atoms with Gasteiger partial charge in [-0.05, 0) is 32.0 Å². The maximum atomic E-state index is 12.4. The average Bonchev–Trinajstić information content (AvgIpc) is 3.09. The summed E-state index contributed by atoms with van der Waals surface area (Å²) in [4.78, 5) is 34.6. The quantitative estimate of drug-likeness (QED) is 0.590. The number of hydrogen-bond donors (Lipinski definition) is 1. The minimum Gasteiger partial charge on any atom is -0.497 e. The van der Waals surface area contributed by atoms with Gasteiger partial charge in [0.05, 0.1) is 19.4 Å². The molecule has 0 fully saturated rings. The first-order valence-corrected chi connectivity index (χ1v) is 9.86. The Hall–Kier alpha value is -3.14. The molecule has 2 amide bonds. The molecule has 0 aliphatic rings. The lowest BCUT2D eigenvalue weighted by molar-refractivity contribution is -0.131. The molecule has 0 unspecified atom stereocenters. The van der Waals surface area contributed by atoms with Crippen LogP contribution in [0.1, 0.15) is 11.4 Å². The largest absolute Gasteiger partial charge is 0.497 e. The molecule has 0 aliphatic heterocycles. The maximum Gasteiger partial charge on any atom is 0.253 e. The van der Waals surface area contributed by atoms with Crippen LogP contribution in [-0.4, -0.2) is 62.8 Å².